The first kappa shape index (κ1) is 15.8. The number of carbonyl (C=O) groups excluding carboxylic acids is 1. The van der Waals surface area contributed by atoms with Crippen molar-refractivity contribution in [2.75, 3.05) is 12.4 Å². The Morgan fingerprint density at radius 2 is 1.89 bits per heavy atom. The van der Waals surface area contributed by atoms with Crippen LogP contribution in [0.25, 0.3) is 0 Å². The van der Waals surface area contributed by atoms with Gasteiger partial charge in [-0.1, -0.05) is 15.9 Å². The first-order chi connectivity index (χ1) is 8.74. The summed E-state index contributed by atoms with van der Waals surface area (Å²) in [5.74, 6) is -0.606. The summed E-state index contributed by atoms with van der Waals surface area (Å²) in [6, 6.07) is 4.83. The second-order valence-electron chi connectivity index (χ2n) is 3.99. The van der Waals surface area contributed by atoms with Crippen molar-refractivity contribution in [1.82, 2.24) is 4.90 Å². The molecule has 0 aromatic heterocycles. The molecule has 0 N–H and O–H groups in total. The molecule has 1 unspecified atom stereocenters. The molecule has 0 fully saturated rings. The topological polar surface area (TPSA) is 29.5 Å². The van der Waals surface area contributed by atoms with Crippen LogP contribution in [0.15, 0.2) is 24.3 Å². The van der Waals surface area contributed by atoms with Crippen LogP contribution >= 0.6 is 15.9 Å². The maximum Gasteiger partial charge on any atom is 0.573 e. The first-order valence-corrected chi connectivity index (χ1v) is 6.55. The molecule has 0 aliphatic carbocycles. The van der Waals surface area contributed by atoms with Gasteiger partial charge in [0.15, 0.2) is 0 Å². The molecule has 0 radical (unpaired) electrons. The van der Waals surface area contributed by atoms with E-state index in [2.05, 4.69) is 20.7 Å². The van der Waals surface area contributed by atoms with Gasteiger partial charge >= 0.3 is 6.36 Å². The number of amides is 1. The molecule has 0 bridgehead atoms. The number of nitrogens with zero attached hydrogens (tertiary/aromatic N) is 1. The highest BCUT2D eigenvalue weighted by molar-refractivity contribution is 9.09. The Morgan fingerprint density at radius 1 is 1.37 bits per heavy atom. The van der Waals surface area contributed by atoms with Crippen molar-refractivity contribution in [3.63, 3.8) is 0 Å². The van der Waals surface area contributed by atoms with Crippen molar-refractivity contribution in [2.24, 2.45) is 0 Å². The van der Waals surface area contributed by atoms with Gasteiger partial charge in [0.25, 0.3) is 5.91 Å². The normalized spacial score (nSPS) is 12.9. The van der Waals surface area contributed by atoms with Crippen LogP contribution in [0.2, 0.25) is 0 Å². The van der Waals surface area contributed by atoms with Crippen LogP contribution in [0.5, 0.6) is 5.75 Å². The molecule has 0 saturated carbocycles. The molecule has 0 aliphatic rings. The second-order valence-corrected chi connectivity index (χ2v) is 4.64. The lowest BCUT2D eigenvalue weighted by atomic mass is 10.2. The molecule has 1 amide bonds. The van der Waals surface area contributed by atoms with Gasteiger partial charge in [-0.3, -0.25) is 4.79 Å². The summed E-state index contributed by atoms with van der Waals surface area (Å²) in [5, 5.41) is 0.616. The van der Waals surface area contributed by atoms with Crippen LogP contribution in [0.3, 0.4) is 0 Å². The third-order valence-electron chi connectivity index (χ3n) is 2.54. The largest absolute Gasteiger partial charge is 0.573 e. The Labute approximate surface area is 117 Å². The van der Waals surface area contributed by atoms with Crippen LogP contribution in [0.1, 0.15) is 17.3 Å². The number of carbonyl (C=O) groups is 1. The van der Waals surface area contributed by atoms with E-state index in [1.807, 2.05) is 6.92 Å². The second kappa shape index (κ2) is 6.27. The van der Waals surface area contributed by atoms with Crippen LogP contribution in [-0.4, -0.2) is 35.6 Å². The summed E-state index contributed by atoms with van der Waals surface area (Å²) in [4.78, 5) is 13.5. The number of hydrogen-bond acceptors (Lipinski definition) is 2. The Morgan fingerprint density at radius 3 is 2.32 bits per heavy atom. The van der Waals surface area contributed by atoms with E-state index in [0.717, 1.165) is 12.1 Å². The van der Waals surface area contributed by atoms with E-state index in [1.165, 1.54) is 17.0 Å². The fraction of sp³-hybridized carbons (Fsp3) is 0.417. The van der Waals surface area contributed by atoms with E-state index in [4.69, 9.17) is 0 Å². The van der Waals surface area contributed by atoms with Gasteiger partial charge in [-0.05, 0) is 31.2 Å². The predicted molar refractivity (Wildman–Crippen MR) is 68.5 cm³/mol. The molecule has 0 saturated heterocycles. The van der Waals surface area contributed by atoms with Gasteiger partial charge in [-0.25, -0.2) is 0 Å². The third-order valence-corrected chi connectivity index (χ3v) is 3.48. The minimum absolute atomic E-state index is 0.0152. The summed E-state index contributed by atoms with van der Waals surface area (Å²) in [6.07, 6.45) is -4.73. The van der Waals surface area contributed by atoms with Crippen LogP contribution in [0.4, 0.5) is 13.2 Å². The summed E-state index contributed by atoms with van der Waals surface area (Å²) >= 11 is 3.26. The van der Waals surface area contributed by atoms with Gasteiger partial charge in [-0.2, -0.15) is 0 Å². The molecule has 1 aromatic carbocycles. The standard InChI is InChI=1S/C12H13BrF3NO2/c1-8(7-13)17(2)11(18)9-3-5-10(6-4-9)19-12(14,15)16/h3-6,8H,7H2,1-2H3. The summed E-state index contributed by atoms with van der Waals surface area (Å²) in [6.45, 7) is 1.85. The molecule has 106 valence electrons. The first-order valence-electron chi connectivity index (χ1n) is 5.43. The maximum atomic E-state index is 12.0. The number of rotatable bonds is 4. The summed E-state index contributed by atoms with van der Waals surface area (Å²) in [5.41, 5.74) is 0.310. The van der Waals surface area contributed by atoms with Crippen molar-refractivity contribution in [3.05, 3.63) is 29.8 Å². The number of hydrogen-bond donors (Lipinski definition) is 0. The highest BCUT2D eigenvalue weighted by Crippen LogP contribution is 2.23. The van der Waals surface area contributed by atoms with Gasteiger partial charge in [-0.15, -0.1) is 13.2 Å². The van der Waals surface area contributed by atoms with Gasteiger partial charge in [0.1, 0.15) is 5.75 Å². The Kier molecular flexibility index (Phi) is 5.22. The molecule has 1 aromatic rings. The highest BCUT2D eigenvalue weighted by Gasteiger charge is 2.31. The SMILES string of the molecule is CC(CBr)N(C)C(=O)c1ccc(OC(F)(F)F)cc1. The van der Waals surface area contributed by atoms with Crippen molar-refractivity contribution >= 4 is 21.8 Å². The molecular formula is C12H13BrF3NO2. The molecule has 1 atom stereocenters. The molecule has 0 heterocycles. The monoisotopic (exact) mass is 339 g/mol. The van der Waals surface area contributed by atoms with E-state index in [1.54, 1.807) is 7.05 Å². The number of alkyl halides is 4. The third kappa shape index (κ3) is 4.74. The molecule has 3 nitrogen and oxygen atoms in total. The zero-order chi connectivity index (χ0) is 14.6. The van der Waals surface area contributed by atoms with Crippen molar-refractivity contribution in [1.29, 1.82) is 0 Å². The fourth-order valence-electron chi connectivity index (χ4n) is 1.31. The van der Waals surface area contributed by atoms with Gasteiger partial charge < -0.3 is 9.64 Å². The lowest BCUT2D eigenvalue weighted by molar-refractivity contribution is -0.274. The highest BCUT2D eigenvalue weighted by atomic mass is 79.9. The predicted octanol–water partition coefficient (Wildman–Crippen LogP) is 3.44. The summed E-state index contributed by atoms with van der Waals surface area (Å²) in [7, 11) is 1.63. The molecule has 0 aliphatic heterocycles. The minimum atomic E-state index is -4.73. The summed E-state index contributed by atoms with van der Waals surface area (Å²) < 4.78 is 39.7. The van der Waals surface area contributed by atoms with E-state index in [-0.39, 0.29) is 17.7 Å². The van der Waals surface area contributed by atoms with E-state index in [9.17, 15) is 18.0 Å². The van der Waals surface area contributed by atoms with E-state index < -0.39 is 6.36 Å². The lowest BCUT2D eigenvalue weighted by Gasteiger charge is -2.23. The molecule has 7 heteroatoms. The van der Waals surface area contributed by atoms with Crippen LogP contribution in [-0.2, 0) is 0 Å². The molecule has 0 spiro atoms. The number of benzene rings is 1. The minimum Gasteiger partial charge on any atom is -0.406 e. The van der Waals surface area contributed by atoms with Gasteiger partial charge in [0.05, 0.1) is 0 Å². The van der Waals surface area contributed by atoms with Crippen LogP contribution in [0, 0.1) is 0 Å². The Hall–Kier alpha value is -1.24. The zero-order valence-corrected chi connectivity index (χ0v) is 12.0. The average Bonchev–Trinajstić information content (AvgIpc) is 2.35. The average molecular weight is 340 g/mol. The molecular weight excluding hydrogens is 327 g/mol. The smallest absolute Gasteiger partial charge is 0.406 e. The van der Waals surface area contributed by atoms with Gasteiger partial charge in [0, 0.05) is 24.0 Å². The van der Waals surface area contributed by atoms with Gasteiger partial charge in [0.2, 0.25) is 0 Å². The lowest BCUT2D eigenvalue weighted by Crippen LogP contribution is -2.36. The van der Waals surface area contributed by atoms with E-state index >= 15 is 0 Å². The fourth-order valence-corrected chi connectivity index (χ4v) is 1.74. The number of halogens is 4. The Balaban J connectivity index is 2.79. The van der Waals surface area contributed by atoms with E-state index in [0.29, 0.717) is 10.9 Å². The maximum absolute atomic E-state index is 12.0. The quantitative estimate of drug-likeness (QED) is 0.786. The van der Waals surface area contributed by atoms with Crippen molar-refractivity contribution in [2.45, 2.75) is 19.3 Å². The molecule has 19 heavy (non-hydrogen) atoms. The number of ether oxygens (including phenoxy) is 1. The molecule has 1 rings (SSSR count). The van der Waals surface area contributed by atoms with Crippen LogP contribution < -0.4 is 4.74 Å². The Bertz CT molecular complexity index is 434. The zero-order valence-electron chi connectivity index (χ0n) is 10.4. The van der Waals surface area contributed by atoms with Crippen molar-refractivity contribution in [3.8, 4) is 5.75 Å². The van der Waals surface area contributed by atoms with Crippen molar-refractivity contribution < 1.29 is 22.7 Å².